The molecule has 0 aliphatic carbocycles. The van der Waals surface area contributed by atoms with Crippen LogP contribution in [0, 0.1) is 0 Å². The molecule has 0 aromatic heterocycles. The molecule has 202 valence electrons. The molecule has 3 aromatic carbocycles. The van der Waals surface area contributed by atoms with Gasteiger partial charge in [0, 0.05) is 28.2 Å². The molecule has 0 heterocycles. The predicted octanol–water partition coefficient (Wildman–Crippen LogP) is 6.41. The molecule has 6 nitrogen and oxygen atoms in total. The van der Waals surface area contributed by atoms with Crippen LogP contribution in [0.15, 0.2) is 54.6 Å². The molecule has 0 bridgehead atoms. The Labute approximate surface area is 207 Å². The van der Waals surface area contributed by atoms with Crippen molar-refractivity contribution in [1.82, 2.24) is 0 Å². The minimum atomic E-state index is -5.15. The number of nitrogens with two attached hydrogens (primary N) is 2. The van der Waals surface area contributed by atoms with Crippen LogP contribution < -0.4 is 22.1 Å². The Bertz CT molecular complexity index is 1400. The van der Waals surface area contributed by atoms with Crippen LogP contribution in [0.5, 0.6) is 0 Å². The van der Waals surface area contributed by atoms with Gasteiger partial charge in [-0.1, -0.05) is 0 Å². The standard InChI is InChI=1S/C23H15F9N4O2/c24-21(25,26)13-7-10(1-4-16(13)33)20(38)36-18-6-2-11(8-15(18)23(30,31)32)19(37)35-12-3-5-17(34)14(9-12)22(27,28)29/h1-9H,33-34H2,(H,35,37)(H,36,38). The highest BCUT2D eigenvalue weighted by Gasteiger charge is 2.36. The molecular weight excluding hydrogens is 535 g/mol. The van der Waals surface area contributed by atoms with E-state index in [0.29, 0.717) is 24.3 Å². The monoisotopic (exact) mass is 550 g/mol. The number of nitrogen functional groups attached to an aromatic ring is 2. The quantitative estimate of drug-likeness (QED) is 0.222. The molecule has 0 spiro atoms. The number of hydrogen-bond donors (Lipinski definition) is 4. The molecule has 0 radical (unpaired) electrons. The number of hydrogen-bond acceptors (Lipinski definition) is 4. The molecule has 0 fully saturated rings. The van der Waals surface area contributed by atoms with Crippen molar-refractivity contribution in [3.05, 3.63) is 82.4 Å². The topological polar surface area (TPSA) is 110 Å². The molecule has 38 heavy (non-hydrogen) atoms. The van der Waals surface area contributed by atoms with E-state index in [-0.39, 0.29) is 0 Å². The molecule has 3 aromatic rings. The van der Waals surface area contributed by atoms with Gasteiger partial charge in [-0.3, -0.25) is 9.59 Å². The summed E-state index contributed by atoms with van der Waals surface area (Å²) >= 11 is 0. The first-order chi connectivity index (χ1) is 17.4. The number of anilines is 4. The zero-order valence-electron chi connectivity index (χ0n) is 18.6. The average Bonchev–Trinajstić information content (AvgIpc) is 2.78. The molecular formula is C23H15F9N4O2. The lowest BCUT2D eigenvalue weighted by molar-refractivity contribution is -0.137. The Balaban J connectivity index is 1.91. The fraction of sp³-hybridized carbons (Fsp3) is 0.130. The van der Waals surface area contributed by atoms with Gasteiger partial charge >= 0.3 is 18.5 Å². The van der Waals surface area contributed by atoms with E-state index >= 15 is 0 Å². The van der Waals surface area contributed by atoms with E-state index in [4.69, 9.17) is 11.5 Å². The number of carbonyl (C=O) groups excluding carboxylic acids is 2. The molecule has 15 heteroatoms. The summed E-state index contributed by atoms with van der Waals surface area (Å²) in [6.07, 6.45) is -14.9. The minimum Gasteiger partial charge on any atom is -0.398 e. The summed E-state index contributed by atoms with van der Waals surface area (Å²) in [5.41, 5.74) is 2.38. The van der Waals surface area contributed by atoms with E-state index in [9.17, 15) is 49.1 Å². The summed E-state index contributed by atoms with van der Waals surface area (Å²) in [5.74, 6) is -2.56. The molecule has 0 aliphatic heterocycles. The zero-order chi connectivity index (χ0) is 28.6. The third kappa shape index (κ3) is 6.27. The van der Waals surface area contributed by atoms with Crippen LogP contribution in [-0.4, -0.2) is 11.8 Å². The lowest BCUT2D eigenvalue weighted by atomic mass is 10.0. The highest BCUT2D eigenvalue weighted by molar-refractivity contribution is 6.07. The van der Waals surface area contributed by atoms with Crippen LogP contribution in [0.25, 0.3) is 0 Å². The number of nitrogens with one attached hydrogen (secondary N) is 2. The second kappa shape index (κ2) is 9.79. The number of rotatable bonds is 4. The summed E-state index contributed by atoms with van der Waals surface area (Å²) in [7, 11) is 0. The number of benzene rings is 3. The van der Waals surface area contributed by atoms with Crippen LogP contribution in [-0.2, 0) is 18.5 Å². The summed E-state index contributed by atoms with van der Waals surface area (Å²) in [4.78, 5) is 24.9. The molecule has 0 aliphatic rings. The molecule has 3 rings (SSSR count). The Hall–Kier alpha value is -4.43. The summed E-state index contributed by atoms with van der Waals surface area (Å²) in [6.45, 7) is 0. The fourth-order valence-electron chi connectivity index (χ4n) is 3.25. The lowest BCUT2D eigenvalue weighted by Crippen LogP contribution is -2.20. The average molecular weight is 550 g/mol. The second-order valence-corrected chi connectivity index (χ2v) is 7.77. The van der Waals surface area contributed by atoms with Gasteiger partial charge in [0.15, 0.2) is 0 Å². The minimum absolute atomic E-state index is 0.317. The Kier molecular flexibility index (Phi) is 7.25. The van der Waals surface area contributed by atoms with Crippen molar-refractivity contribution < 1.29 is 49.1 Å². The summed E-state index contributed by atoms with van der Waals surface area (Å²) in [5, 5.41) is 3.86. The lowest BCUT2D eigenvalue weighted by Gasteiger charge is -2.17. The molecule has 0 saturated carbocycles. The van der Waals surface area contributed by atoms with Gasteiger partial charge in [-0.25, -0.2) is 0 Å². The normalized spacial score (nSPS) is 12.2. The summed E-state index contributed by atoms with van der Waals surface area (Å²) in [6, 6.07) is 6.15. The number of amides is 2. The molecule has 0 saturated heterocycles. The van der Waals surface area contributed by atoms with Crippen LogP contribution >= 0.6 is 0 Å². The van der Waals surface area contributed by atoms with Crippen molar-refractivity contribution in [3.63, 3.8) is 0 Å². The van der Waals surface area contributed by atoms with Gasteiger partial charge in [-0.05, 0) is 54.6 Å². The molecule has 6 N–H and O–H groups in total. The first kappa shape index (κ1) is 28.1. The van der Waals surface area contributed by atoms with Gasteiger partial charge < -0.3 is 22.1 Å². The maximum absolute atomic E-state index is 13.7. The molecule has 0 atom stereocenters. The van der Waals surface area contributed by atoms with E-state index in [1.165, 1.54) is 0 Å². The maximum Gasteiger partial charge on any atom is 0.418 e. The van der Waals surface area contributed by atoms with E-state index in [1.54, 1.807) is 0 Å². The Morgan fingerprint density at radius 2 is 0.974 bits per heavy atom. The second-order valence-electron chi connectivity index (χ2n) is 7.77. The van der Waals surface area contributed by atoms with E-state index in [1.807, 2.05) is 10.6 Å². The third-order valence-electron chi connectivity index (χ3n) is 5.07. The van der Waals surface area contributed by atoms with Crippen molar-refractivity contribution >= 4 is 34.6 Å². The van der Waals surface area contributed by atoms with E-state index in [2.05, 4.69) is 0 Å². The van der Waals surface area contributed by atoms with E-state index < -0.39 is 80.9 Å². The van der Waals surface area contributed by atoms with Gasteiger partial charge in [0.1, 0.15) is 0 Å². The SMILES string of the molecule is Nc1ccc(NC(=O)c2ccc(NC(=O)c3ccc(N)c(C(F)(F)F)c3)c(C(F)(F)F)c2)cc1C(F)(F)F. The number of halogens is 9. The molecule has 0 unspecified atom stereocenters. The largest absolute Gasteiger partial charge is 0.418 e. The predicted molar refractivity (Wildman–Crippen MR) is 119 cm³/mol. The van der Waals surface area contributed by atoms with Crippen molar-refractivity contribution in [1.29, 1.82) is 0 Å². The highest BCUT2D eigenvalue weighted by atomic mass is 19.4. The van der Waals surface area contributed by atoms with Crippen molar-refractivity contribution in [2.75, 3.05) is 22.1 Å². The smallest absolute Gasteiger partial charge is 0.398 e. The number of carbonyl (C=O) groups is 2. The summed E-state index contributed by atoms with van der Waals surface area (Å²) < 4.78 is 119. The zero-order valence-corrected chi connectivity index (χ0v) is 18.6. The van der Waals surface area contributed by atoms with Crippen molar-refractivity contribution in [2.45, 2.75) is 18.5 Å². The fourth-order valence-corrected chi connectivity index (χ4v) is 3.25. The van der Waals surface area contributed by atoms with Gasteiger partial charge in [0.25, 0.3) is 11.8 Å². The Morgan fingerprint density at radius 3 is 1.50 bits per heavy atom. The van der Waals surface area contributed by atoms with Gasteiger partial charge in [-0.15, -0.1) is 0 Å². The van der Waals surface area contributed by atoms with Crippen LogP contribution in [0.4, 0.5) is 62.3 Å². The van der Waals surface area contributed by atoms with Gasteiger partial charge in [-0.2, -0.15) is 39.5 Å². The van der Waals surface area contributed by atoms with E-state index in [0.717, 1.165) is 30.3 Å². The highest BCUT2D eigenvalue weighted by Crippen LogP contribution is 2.38. The first-order valence-electron chi connectivity index (χ1n) is 10.2. The van der Waals surface area contributed by atoms with Crippen LogP contribution in [0.2, 0.25) is 0 Å². The van der Waals surface area contributed by atoms with Gasteiger partial charge in [0.05, 0.1) is 22.4 Å². The van der Waals surface area contributed by atoms with Gasteiger partial charge in [0.2, 0.25) is 0 Å². The van der Waals surface area contributed by atoms with Crippen molar-refractivity contribution in [3.8, 4) is 0 Å². The van der Waals surface area contributed by atoms with Crippen LogP contribution in [0.1, 0.15) is 37.4 Å². The first-order valence-corrected chi connectivity index (χ1v) is 10.2. The maximum atomic E-state index is 13.7. The van der Waals surface area contributed by atoms with Crippen molar-refractivity contribution in [2.24, 2.45) is 0 Å². The number of alkyl halides is 9. The molecule has 2 amide bonds. The van der Waals surface area contributed by atoms with Crippen LogP contribution in [0.3, 0.4) is 0 Å². The third-order valence-corrected chi connectivity index (χ3v) is 5.07. The Morgan fingerprint density at radius 1 is 0.553 bits per heavy atom.